The molecule has 1 heterocycles. The lowest BCUT2D eigenvalue weighted by molar-refractivity contribution is -0.129. The Kier molecular flexibility index (Phi) is 5.49. The maximum atomic E-state index is 12.2. The molecule has 6 heteroatoms. The van der Waals surface area contributed by atoms with Crippen molar-refractivity contribution < 1.29 is 14.3 Å². The summed E-state index contributed by atoms with van der Waals surface area (Å²) in [7, 11) is 0. The molecule has 0 aliphatic carbocycles. The third-order valence-electron chi connectivity index (χ3n) is 3.65. The maximum absolute atomic E-state index is 12.2. The number of ether oxygens (including phenoxy) is 1. The number of esters is 1. The van der Waals surface area contributed by atoms with Crippen molar-refractivity contribution in [2.75, 3.05) is 6.54 Å². The van der Waals surface area contributed by atoms with Crippen LogP contribution in [0.4, 0.5) is 0 Å². The molecule has 0 spiro atoms. The largest absolute Gasteiger partial charge is 0.449 e. The van der Waals surface area contributed by atoms with Gasteiger partial charge in [-0.25, -0.2) is 14.8 Å². The molecule has 1 aromatic heterocycles. The number of carbonyl (C=O) groups excluding carboxylic acids is 2. The van der Waals surface area contributed by atoms with Gasteiger partial charge in [-0.05, 0) is 44.9 Å². The van der Waals surface area contributed by atoms with E-state index in [4.69, 9.17) is 4.74 Å². The molecule has 0 radical (unpaired) electrons. The number of hydrogen-bond acceptors (Lipinski definition) is 5. The lowest BCUT2D eigenvalue weighted by atomic mass is 10.2. The van der Waals surface area contributed by atoms with E-state index in [1.165, 1.54) is 0 Å². The minimum absolute atomic E-state index is 0.302. The molecule has 2 aromatic rings. The summed E-state index contributed by atoms with van der Waals surface area (Å²) >= 11 is 0. The summed E-state index contributed by atoms with van der Waals surface area (Å²) in [6.45, 7) is 9.86. The minimum Gasteiger partial charge on any atom is -0.449 e. The van der Waals surface area contributed by atoms with Gasteiger partial charge in [-0.15, -0.1) is 0 Å². The molecule has 6 nitrogen and oxygen atoms in total. The molecule has 0 unspecified atom stereocenters. The molecule has 0 fully saturated rings. The summed E-state index contributed by atoms with van der Waals surface area (Å²) in [4.78, 5) is 33.0. The van der Waals surface area contributed by atoms with Crippen LogP contribution < -0.4 is 5.32 Å². The topological polar surface area (TPSA) is 81.2 Å². The summed E-state index contributed by atoms with van der Waals surface area (Å²) in [6.07, 6.45) is -0.849. The van der Waals surface area contributed by atoms with E-state index in [0.717, 1.165) is 16.9 Å². The number of hydrogen-bond donors (Lipinski definition) is 1. The molecule has 0 saturated heterocycles. The van der Waals surface area contributed by atoms with Crippen molar-refractivity contribution in [1.82, 2.24) is 15.3 Å². The van der Waals surface area contributed by atoms with Crippen LogP contribution in [0.1, 0.15) is 42.5 Å². The van der Waals surface area contributed by atoms with Gasteiger partial charge >= 0.3 is 5.97 Å². The minimum atomic E-state index is -0.849. The third-order valence-corrected chi connectivity index (χ3v) is 3.65. The van der Waals surface area contributed by atoms with Gasteiger partial charge in [0.15, 0.2) is 6.10 Å². The Morgan fingerprint density at radius 2 is 1.71 bits per heavy atom. The van der Waals surface area contributed by atoms with Crippen LogP contribution >= 0.6 is 0 Å². The van der Waals surface area contributed by atoms with E-state index in [9.17, 15) is 9.59 Å². The lowest BCUT2D eigenvalue weighted by Gasteiger charge is -2.14. The average Bonchev–Trinajstić information content (AvgIpc) is 2.53. The first-order valence-corrected chi connectivity index (χ1v) is 8.01. The van der Waals surface area contributed by atoms with Crippen LogP contribution in [0, 0.1) is 19.8 Å². The van der Waals surface area contributed by atoms with E-state index in [1.54, 1.807) is 25.1 Å². The molecule has 24 heavy (non-hydrogen) atoms. The summed E-state index contributed by atoms with van der Waals surface area (Å²) < 4.78 is 5.23. The second-order valence-corrected chi connectivity index (χ2v) is 6.28. The first-order chi connectivity index (χ1) is 11.3. The highest BCUT2D eigenvalue weighted by molar-refractivity contribution is 5.95. The zero-order valence-electron chi connectivity index (χ0n) is 14.7. The van der Waals surface area contributed by atoms with Crippen molar-refractivity contribution in [2.45, 2.75) is 40.7 Å². The van der Waals surface area contributed by atoms with Crippen molar-refractivity contribution in [3.63, 3.8) is 0 Å². The van der Waals surface area contributed by atoms with Gasteiger partial charge in [0.2, 0.25) is 0 Å². The molecular formula is C18H23N3O3. The Balaban J connectivity index is 2.10. The zero-order chi connectivity index (χ0) is 17.9. The first kappa shape index (κ1) is 17.8. The van der Waals surface area contributed by atoms with Gasteiger partial charge in [0.25, 0.3) is 5.91 Å². The Morgan fingerprint density at radius 1 is 1.08 bits per heavy atom. The number of carbonyl (C=O) groups is 2. The predicted octanol–water partition coefficient (Wildman–Crippen LogP) is 2.56. The van der Waals surface area contributed by atoms with Crippen LogP contribution in [-0.2, 0) is 9.53 Å². The molecule has 0 bridgehead atoms. The maximum Gasteiger partial charge on any atom is 0.338 e. The molecule has 128 valence electrons. The fraction of sp³-hybridized carbons (Fsp3) is 0.444. The highest BCUT2D eigenvalue weighted by atomic mass is 16.5. The fourth-order valence-corrected chi connectivity index (χ4v) is 2.09. The van der Waals surface area contributed by atoms with E-state index >= 15 is 0 Å². The Bertz CT molecular complexity index is 771. The van der Waals surface area contributed by atoms with Gasteiger partial charge in [-0.3, -0.25) is 4.79 Å². The molecule has 0 aliphatic heterocycles. The highest BCUT2D eigenvalue weighted by Crippen LogP contribution is 2.15. The number of rotatable bonds is 5. The molecule has 1 aromatic carbocycles. The number of nitrogens with zero attached hydrogens (tertiary/aromatic N) is 2. The SMILES string of the molecule is Cc1nc2ccc(C(=O)O[C@@H](C)C(=O)NCC(C)C)cc2nc1C. The number of nitrogens with one attached hydrogen (secondary N) is 1. The second kappa shape index (κ2) is 7.38. The lowest BCUT2D eigenvalue weighted by Crippen LogP contribution is -2.37. The van der Waals surface area contributed by atoms with Crippen LogP contribution in [-0.4, -0.2) is 34.5 Å². The van der Waals surface area contributed by atoms with E-state index < -0.39 is 12.1 Å². The Hall–Kier alpha value is -2.50. The monoisotopic (exact) mass is 329 g/mol. The smallest absolute Gasteiger partial charge is 0.338 e. The van der Waals surface area contributed by atoms with Crippen molar-refractivity contribution in [3.05, 3.63) is 35.2 Å². The second-order valence-electron chi connectivity index (χ2n) is 6.28. The number of fused-ring (bicyclic) bond motifs is 1. The van der Waals surface area contributed by atoms with E-state index in [1.807, 2.05) is 27.7 Å². The fourth-order valence-electron chi connectivity index (χ4n) is 2.09. The summed E-state index contributed by atoms with van der Waals surface area (Å²) in [6, 6.07) is 5.00. The number of aryl methyl sites for hydroxylation is 2. The number of amides is 1. The molecular weight excluding hydrogens is 306 g/mol. The number of benzene rings is 1. The van der Waals surface area contributed by atoms with Crippen molar-refractivity contribution in [3.8, 4) is 0 Å². The summed E-state index contributed by atoms with van der Waals surface area (Å²) in [5.41, 5.74) is 3.37. The van der Waals surface area contributed by atoms with E-state index in [-0.39, 0.29) is 5.91 Å². The van der Waals surface area contributed by atoms with Crippen LogP contribution in [0.2, 0.25) is 0 Å². The highest BCUT2D eigenvalue weighted by Gasteiger charge is 2.19. The van der Waals surface area contributed by atoms with Crippen LogP contribution in [0.15, 0.2) is 18.2 Å². The predicted molar refractivity (Wildman–Crippen MR) is 91.7 cm³/mol. The van der Waals surface area contributed by atoms with Gasteiger partial charge in [0, 0.05) is 6.54 Å². The third kappa shape index (κ3) is 4.28. The quantitative estimate of drug-likeness (QED) is 0.853. The summed E-state index contributed by atoms with van der Waals surface area (Å²) in [5, 5.41) is 2.74. The molecule has 0 saturated carbocycles. The Labute approximate surface area is 141 Å². The standard InChI is InChI=1S/C18H23N3O3/c1-10(2)9-19-17(22)13(5)24-18(23)14-6-7-15-16(8-14)21-12(4)11(3)20-15/h6-8,10,13H,9H2,1-5H3,(H,19,22)/t13-/m0/s1. The van der Waals surface area contributed by atoms with E-state index in [2.05, 4.69) is 15.3 Å². The zero-order valence-corrected chi connectivity index (χ0v) is 14.7. The van der Waals surface area contributed by atoms with Gasteiger partial charge in [0.1, 0.15) is 0 Å². The van der Waals surface area contributed by atoms with Gasteiger partial charge in [0.05, 0.1) is 28.0 Å². The van der Waals surface area contributed by atoms with Gasteiger partial charge in [-0.2, -0.15) is 0 Å². The molecule has 1 N–H and O–H groups in total. The van der Waals surface area contributed by atoms with Crippen LogP contribution in [0.25, 0.3) is 11.0 Å². The average molecular weight is 329 g/mol. The van der Waals surface area contributed by atoms with Crippen molar-refractivity contribution in [1.29, 1.82) is 0 Å². The first-order valence-electron chi connectivity index (χ1n) is 8.01. The van der Waals surface area contributed by atoms with E-state index in [0.29, 0.717) is 23.5 Å². The molecule has 0 aliphatic rings. The van der Waals surface area contributed by atoms with Crippen molar-refractivity contribution >= 4 is 22.9 Å². The van der Waals surface area contributed by atoms with Crippen LogP contribution in [0.5, 0.6) is 0 Å². The molecule has 2 rings (SSSR count). The normalized spacial score (nSPS) is 12.2. The van der Waals surface area contributed by atoms with Gasteiger partial charge < -0.3 is 10.1 Å². The molecule has 1 amide bonds. The molecule has 1 atom stereocenters. The van der Waals surface area contributed by atoms with Crippen molar-refractivity contribution in [2.24, 2.45) is 5.92 Å². The number of aromatic nitrogens is 2. The summed E-state index contributed by atoms with van der Waals surface area (Å²) in [5.74, 6) is -0.518. The Morgan fingerprint density at radius 3 is 2.33 bits per heavy atom. The van der Waals surface area contributed by atoms with Gasteiger partial charge in [-0.1, -0.05) is 13.8 Å². The van der Waals surface area contributed by atoms with Crippen LogP contribution in [0.3, 0.4) is 0 Å².